The van der Waals surface area contributed by atoms with Gasteiger partial charge in [-0.1, -0.05) is 53.2 Å². The van der Waals surface area contributed by atoms with Crippen LogP contribution in [0.4, 0.5) is 0 Å². The molecule has 554 valence electrons. The van der Waals surface area contributed by atoms with E-state index in [0.29, 0.717) is 25.7 Å². The van der Waals surface area contributed by atoms with E-state index < -0.39 is 239 Å². The van der Waals surface area contributed by atoms with Crippen LogP contribution in [0.15, 0.2) is 11.6 Å². The number of carbonyl (C=O) groups is 1. The molecule has 10 aliphatic rings. The molecule has 10 rings (SSSR count). The summed E-state index contributed by atoms with van der Waals surface area (Å²) >= 11 is 0. The van der Waals surface area contributed by atoms with E-state index in [4.69, 9.17) is 52.1 Å². The van der Waals surface area contributed by atoms with E-state index in [0.717, 1.165) is 18.4 Å². The van der Waals surface area contributed by atoms with Gasteiger partial charge in [-0.3, -0.25) is 4.79 Å². The Balaban J connectivity index is 0.855. The van der Waals surface area contributed by atoms with E-state index in [2.05, 4.69) is 33.8 Å². The van der Waals surface area contributed by atoms with Crippen LogP contribution in [0.5, 0.6) is 0 Å². The molecule has 0 aromatic carbocycles. The van der Waals surface area contributed by atoms with Crippen LogP contribution in [-0.2, 0) is 56.9 Å². The van der Waals surface area contributed by atoms with Gasteiger partial charge in [0.15, 0.2) is 31.5 Å². The molecule has 6 aliphatic heterocycles. The quantitative estimate of drug-likeness (QED) is 0.0477. The van der Waals surface area contributed by atoms with Gasteiger partial charge in [0, 0.05) is 23.7 Å². The van der Waals surface area contributed by atoms with Crippen molar-refractivity contribution in [3.63, 3.8) is 0 Å². The Morgan fingerprint density at radius 3 is 1.70 bits per heavy atom. The average molecular weight is 1390 g/mol. The highest BCUT2D eigenvalue weighted by Gasteiger charge is 2.71. The molecule has 0 radical (unpaired) electrons. The highest BCUT2D eigenvalue weighted by molar-refractivity contribution is 5.88. The van der Waals surface area contributed by atoms with Gasteiger partial charge in [-0.25, -0.2) is 0 Å². The van der Waals surface area contributed by atoms with Gasteiger partial charge < -0.3 is 149 Å². The Morgan fingerprint density at radius 1 is 0.573 bits per heavy atom. The van der Waals surface area contributed by atoms with Crippen molar-refractivity contribution in [3.8, 4) is 0 Å². The van der Waals surface area contributed by atoms with Crippen LogP contribution >= 0.6 is 0 Å². The standard InChI is InChI=1S/C65H108O31/c1-25(9-13-39(62(4,5)85)95-60-55(96-59-53(84)49(80)43(74)33(21-68)91-59)50(81)45(76)35(93-60)23-87-56-30(70)17-26(69)22-86-56)27-15-16-63(6)36-12-10-28-29(65(36,8)37(71)18-64(27,63)7)11-14-38(61(28,2)3)94-57-40(54-51(82)47(78)41(72)31(19-66)89-54)46(77)44(75)34(92-57)24-88-58-52(83)48(79)42(73)32(20-67)90-58/h10,25-27,29-36,38-60,66-70,72-85H,9,11-24H2,1-8H3/t25-,26+,27?,29?,30-,31+,32-,33+,34-,35-,36?,38+,39-,40?,41+,42-,43+,44-,45-,46-,47-,48+,49-,50+,51+,52-,53+,54-,55-,56+,57+,58-,59-,60+,63+,64-,65+/m1/s1. The molecule has 19 N–H and O–H groups in total. The predicted octanol–water partition coefficient (Wildman–Crippen LogP) is -5.43. The SMILES string of the molecule is C[C@H](CC[C@@H](O[C@@H]1O[C@H](CO[C@@H]2OC[C@@H](O)C[C@H]2O)[C@@H](O)[C@H](O)[C@H]1O[C@H]1O[C@@H](CO)[C@H](O)[C@@H](O)[C@@H]1O)C(C)(C)O)C1CC[C@@]2(C)C3CC=C4C(CC[C@H](O[C@@H]5O[C@H](CO[C@@H]6O[C@H](CO)[C@@H](O)[C@H](O)[C@H]6O)[C@@H](O)[C@H](O)C5[C@H]5O[C@@H](CO)[C@H](O)[C@@H](O)[C@@H]5O)C4(C)C)[C@]3(C)C(=O)C[C@]12C. The number of allylic oxidation sites excluding steroid dienone is 1. The number of ketones is 1. The van der Waals surface area contributed by atoms with Gasteiger partial charge in [-0.2, -0.15) is 0 Å². The molecule has 4 unspecified atom stereocenters. The zero-order valence-electron chi connectivity index (χ0n) is 55.7. The summed E-state index contributed by atoms with van der Waals surface area (Å²) in [6.45, 7) is 12.1. The van der Waals surface area contributed by atoms with Gasteiger partial charge in [0.25, 0.3) is 0 Å². The molecule has 6 heterocycles. The molecule has 31 heteroatoms. The fourth-order valence-electron chi connectivity index (χ4n) is 18.3. The first-order valence-corrected chi connectivity index (χ1v) is 34.1. The van der Waals surface area contributed by atoms with Gasteiger partial charge >= 0.3 is 0 Å². The van der Waals surface area contributed by atoms with Crippen molar-refractivity contribution < 1.29 is 154 Å². The smallest absolute Gasteiger partial charge is 0.187 e. The van der Waals surface area contributed by atoms with Crippen molar-refractivity contribution in [2.75, 3.05) is 39.6 Å². The first-order chi connectivity index (χ1) is 45.0. The molecule has 31 nitrogen and oxygen atoms in total. The van der Waals surface area contributed by atoms with Gasteiger partial charge in [-0.15, -0.1) is 0 Å². The van der Waals surface area contributed by atoms with Crippen LogP contribution in [0.2, 0.25) is 0 Å². The van der Waals surface area contributed by atoms with Crippen molar-refractivity contribution in [1.82, 2.24) is 0 Å². The third-order valence-electron chi connectivity index (χ3n) is 24.4. The summed E-state index contributed by atoms with van der Waals surface area (Å²) in [5, 5.41) is 206. The first kappa shape index (κ1) is 76.8. The lowest BCUT2D eigenvalue weighted by Crippen LogP contribution is -2.68. The highest BCUT2D eigenvalue weighted by atomic mass is 16.8. The minimum atomic E-state index is -1.93. The van der Waals surface area contributed by atoms with E-state index in [-0.39, 0.29) is 60.7 Å². The molecular formula is C65H108O31. The molecule has 0 bridgehead atoms. The van der Waals surface area contributed by atoms with Crippen LogP contribution in [-0.4, -0.2) is 326 Å². The number of fused-ring (bicyclic) bond motifs is 5. The second-order valence-electron chi connectivity index (χ2n) is 30.9. The van der Waals surface area contributed by atoms with Crippen LogP contribution in [0.25, 0.3) is 0 Å². The molecule has 0 spiro atoms. The molecule has 37 atom stereocenters. The van der Waals surface area contributed by atoms with Crippen LogP contribution < -0.4 is 0 Å². The van der Waals surface area contributed by atoms with Crippen LogP contribution in [0, 0.1) is 51.2 Å². The summed E-state index contributed by atoms with van der Waals surface area (Å²) in [5.74, 6) is -1.87. The number of ether oxygens (including phenoxy) is 11. The monoisotopic (exact) mass is 1380 g/mol. The fourth-order valence-corrected chi connectivity index (χ4v) is 18.3. The van der Waals surface area contributed by atoms with Crippen molar-refractivity contribution in [3.05, 3.63) is 11.6 Å². The van der Waals surface area contributed by atoms with Crippen LogP contribution in [0.1, 0.15) is 113 Å². The van der Waals surface area contributed by atoms with E-state index in [1.165, 1.54) is 13.8 Å². The number of Topliss-reactive ketones (excluding diaryl/α,β-unsaturated/α-hetero) is 1. The maximum atomic E-state index is 15.6. The molecule has 9 fully saturated rings. The lowest BCUT2D eigenvalue weighted by Gasteiger charge is -2.65. The first-order valence-electron chi connectivity index (χ1n) is 34.1. The lowest BCUT2D eigenvalue weighted by molar-refractivity contribution is -0.378. The minimum Gasteiger partial charge on any atom is -0.394 e. The molecular weight excluding hydrogens is 1280 g/mol. The summed E-state index contributed by atoms with van der Waals surface area (Å²) in [6, 6.07) is 0. The number of hydrogen-bond acceptors (Lipinski definition) is 31. The third-order valence-corrected chi connectivity index (χ3v) is 24.4. The van der Waals surface area contributed by atoms with E-state index in [1.807, 2.05) is 13.8 Å². The largest absolute Gasteiger partial charge is 0.394 e. The van der Waals surface area contributed by atoms with Gasteiger partial charge in [0.1, 0.15) is 122 Å². The molecule has 6 saturated heterocycles. The number of hydrogen-bond donors (Lipinski definition) is 19. The van der Waals surface area contributed by atoms with Crippen molar-refractivity contribution in [1.29, 1.82) is 0 Å². The van der Waals surface area contributed by atoms with Crippen molar-refractivity contribution in [2.24, 2.45) is 51.2 Å². The summed E-state index contributed by atoms with van der Waals surface area (Å²) in [7, 11) is 0. The topological polar surface area (TPSA) is 503 Å². The summed E-state index contributed by atoms with van der Waals surface area (Å²) in [6.07, 6.45) is -40.2. The maximum absolute atomic E-state index is 15.6. The third kappa shape index (κ3) is 14.0. The molecule has 4 aliphatic carbocycles. The second kappa shape index (κ2) is 29.8. The Hall–Kier alpha value is -1.79. The van der Waals surface area contributed by atoms with Crippen LogP contribution in [0.3, 0.4) is 0 Å². The Morgan fingerprint density at radius 2 is 1.10 bits per heavy atom. The summed E-state index contributed by atoms with van der Waals surface area (Å²) in [5.41, 5.74) is -3.28. The molecule has 0 aromatic heterocycles. The van der Waals surface area contributed by atoms with E-state index in [9.17, 15) is 97.0 Å². The number of aliphatic hydroxyl groups excluding tert-OH is 18. The van der Waals surface area contributed by atoms with Crippen molar-refractivity contribution >= 4 is 5.78 Å². The number of rotatable bonds is 21. The molecule has 96 heavy (non-hydrogen) atoms. The minimum absolute atomic E-state index is 0.0120. The zero-order valence-corrected chi connectivity index (χ0v) is 55.7. The van der Waals surface area contributed by atoms with E-state index in [1.54, 1.807) is 0 Å². The van der Waals surface area contributed by atoms with Gasteiger partial charge in [-0.05, 0) is 93.3 Å². The predicted molar refractivity (Wildman–Crippen MR) is 323 cm³/mol. The molecule has 0 aromatic rings. The normalized spacial score (nSPS) is 51.4. The summed E-state index contributed by atoms with van der Waals surface area (Å²) < 4.78 is 66.4. The molecule has 0 amide bonds. The van der Waals surface area contributed by atoms with Gasteiger partial charge in [0.05, 0.1) is 81.7 Å². The Kier molecular flexibility index (Phi) is 23.8. The Labute approximate surface area is 557 Å². The summed E-state index contributed by atoms with van der Waals surface area (Å²) in [4.78, 5) is 15.6. The molecule has 3 saturated carbocycles. The average Bonchev–Trinajstić information content (AvgIpc) is 1.26. The highest BCUT2D eigenvalue weighted by Crippen LogP contribution is 2.74. The lowest BCUT2D eigenvalue weighted by atomic mass is 9.38. The Bertz CT molecular complexity index is 2610. The number of carbonyl (C=O) groups excluding carboxylic acids is 1. The van der Waals surface area contributed by atoms with Crippen molar-refractivity contribution in [2.45, 2.75) is 297 Å². The number of aliphatic hydroxyl groups is 19. The zero-order chi connectivity index (χ0) is 70.4. The second-order valence-corrected chi connectivity index (χ2v) is 30.9. The van der Waals surface area contributed by atoms with Gasteiger partial charge in [0.2, 0.25) is 0 Å². The van der Waals surface area contributed by atoms with E-state index >= 15 is 4.79 Å². The maximum Gasteiger partial charge on any atom is 0.187 e. The fraction of sp³-hybridized carbons (Fsp3) is 0.954.